The van der Waals surface area contributed by atoms with Crippen molar-refractivity contribution in [2.24, 2.45) is 11.8 Å². The third kappa shape index (κ3) is 3.93. The molecular weight excluding hydrogens is 234 g/mol. The highest BCUT2D eigenvalue weighted by Gasteiger charge is 2.30. The summed E-state index contributed by atoms with van der Waals surface area (Å²) in [5.41, 5.74) is 0. The predicted octanol–water partition coefficient (Wildman–Crippen LogP) is 1.79. The number of likely N-dealkylation sites (tertiary alicyclic amines) is 1. The monoisotopic (exact) mass is 265 g/mol. The molecule has 0 radical (unpaired) electrons. The van der Waals surface area contributed by atoms with E-state index < -0.39 is 0 Å². The maximum absolute atomic E-state index is 3.50. The Hall–Kier alpha value is -0.120. The quantitative estimate of drug-likeness (QED) is 0.839. The Morgan fingerprint density at radius 2 is 1.58 bits per heavy atom. The van der Waals surface area contributed by atoms with Gasteiger partial charge in [-0.05, 0) is 50.7 Å². The second kappa shape index (κ2) is 7.05. The van der Waals surface area contributed by atoms with E-state index in [-0.39, 0.29) is 0 Å². The Bertz CT molecular complexity index is 261. The molecule has 3 nitrogen and oxygen atoms in total. The highest BCUT2D eigenvalue weighted by molar-refractivity contribution is 4.84. The van der Waals surface area contributed by atoms with Crippen molar-refractivity contribution in [3.8, 4) is 0 Å². The summed E-state index contributed by atoms with van der Waals surface area (Å²) in [4.78, 5) is 5.41. The molecule has 3 fully saturated rings. The molecule has 0 aromatic heterocycles. The Kier molecular flexibility index (Phi) is 5.14. The molecule has 3 aliphatic rings. The zero-order valence-electron chi connectivity index (χ0n) is 12.4. The van der Waals surface area contributed by atoms with Crippen molar-refractivity contribution in [3.63, 3.8) is 0 Å². The second-order valence-corrected chi connectivity index (χ2v) is 6.84. The molecule has 19 heavy (non-hydrogen) atoms. The van der Waals surface area contributed by atoms with Crippen LogP contribution in [-0.4, -0.2) is 62.2 Å². The number of nitrogens with one attached hydrogen (secondary N) is 1. The van der Waals surface area contributed by atoms with Gasteiger partial charge < -0.3 is 15.1 Å². The average Bonchev–Trinajstić information content (AvgIpc) is 2.73. The molecule has 2 heterocycles. The van der Waals surface area contributed by atoms with Gasteiger partial charge in [0.1, 0.15) is 0 Å². The summed E-state index contributed by atoms with van der Waals surface area (Å²) >= 11 is 0. The Morgan fingerprint density at radius 3 is 2.53 bits per heavy atom. The number of fused-ring (bicyclic) bond motifs is 1. The normalized spacial score (nSPS) is 34.7. The number of hydrogen-bond donors (Lipinski definition) is 1. The first-order chi connectivity index (χ1) is 9.42. The summed E-state index contributed by atoms with van der Waals surface area (Å²) in [7, 11) is 0. The molecule has 1 N–H and O–H groups in total. The van der Waals surface area contributed by atoms with E-state index in [0.29, 0.717) is 0 Å². The lowest BCUT2D eigenvalue weighted by Crippen LogP contribution is -2.45. The Morgan fingerprint density at radius 1 is 0.737 bits per heavy atom. The van der Waals surface area contributed by atoms with Gasteiger partial charge in [0.25, 0.3) is 0 Å². The molecule has 1 saturated carbocycles. The van der Waals surface area contributed by atoms with E-state index in [2.05, 4.69) is 15.1 Å². The summed E-state index contributed by atoms with van der Waals surface area (Å²) in [6.45, 7) is 10.3. The van der Waals surface area contributed by atoms with Crippen molar-refractivity contribution >= 4 is 0 Å². The SMILES string of the molecule is C1CCC2CN(CCN3CCCNCC3)CCC2C1. The van der Waals surface area contributed by atoms with Crippen LogP contribution in [0, 0.1) is 11.8 Å². The third-order valence-corrected chi connectivity index (χ3v) is 5.54. The first kappa shape index (κ1) is 13.8. The molecule has 3 heteroatoms. The van der Waals surface area contributed by atoms with Gasteiger partial charge in [0, 0.05) is 32.7 Å². The molecule has 110 valence electrons. The summed E-state index contributed by atoms with van der Waals surface area (Å²) < 4.78 is 0. The molecule has 2 atom stereocenters. The van der Waals surface area contributed by atoms with Crippen LogP contribution in [-0.2, 0) is 0 Å². The standard InChI is InChI=1S/C16H31N3/c1-2-5-16-14-19(10-6-15(16)4-1)13-12-18-9-3-7-17-8-11-18/h15-17H,1-14H2. The highest BCUT2D eigenvalue weighted by Crippen LogP contribution is 2.35. The minimum absolute atomic E-state index is 1.04. The fourth-order valence-electron chi connectivity index (χ4n) is 4.29. The first-order valence-corrected chi connectivity index (χ1v) is 8.57. The number of rotatable bonds is 3. The van der Waals surface area contributed by atoms with Gasteiger partial charge in [-0.1, -0.05) is 19.3 Å². The van der Waals surface area contributed by atoms with Crippen molar-refractivity contribution < 1.29 is 0 Å². The summed E-state index contributed by atoms with van der Waals surface area (Å²) in [6, 6.07) is 0. The van der Waals surface area contributed by atoms with E-state index in [0.717, 1.165) is 11.8 Å². The molecule has 2 unspecified atom stereocenters. The second-order valence-electron chi connectivity index (χ2n) is 6.84. The van der Waals surface area contributed by atoms with E-state index >= 15 is 0 Å². The first-order valence-electron chi connectivity index (χ1n) is 8.57. The molecule has 0 bridgehead atoms. The molecule has 0 aromatic rings. The van der Waals surface area contributed by atoms with E-state index in [1.54, 1.807) is 0 Å². The minimum Gasteiger partial charge on any atom is -0.315 e. The molecule has 0 aromatic carbocycles. The van der Waals surface area contributed by atoms with Crippen molar-refractivity contribution in [1.82, 2.24) is 15.1 Å². The van der Waals surface area contributed by atoms with Crippen LogP contribution >= 0.6 is 0 Å². The topological polar surface area (TPSA) is 18.5 Å². The predicted molar refractivity (Wildman–Crippen MR) is 80.4 cm³/mol. The molecule has 1 aliphatic carbocycles. The number of hydrogen-bond acceptors (Lipinski definition) is 3. The van der Waals surface area contributed by atoms with E-state index in [1.165, 1.54) is 90.9 Å². The largest absolute Gasteiger partial charge is 0.315 e. The van der Waals surface area contributed by atoms with Crippen LogP contribution in [0.15, 0.2) is 0 Å². The zero-order chi connectivity index (χ0) is 12.9. The smallest absolute Gasteiger partial charge is 0.0110 e. The lowest BCUT2D eigenvalue weighted by molar-refractivity contribution is 0.0788. The zero-order valence-corrected chi connectivity index (χ0v) is 12.4. The summed E-state index contributed by atoms with van der Waals surface area (Å²) in [5, 5.41) is 3.50. The Balaban J connectivity index is 1.40. The van der Waals surface area contributed by atoms with Crippen molar-refractivity contribution in [2.45, 2.75) is 38.5 Å². The average molecular weight is 265 g/mol. The molecule has 0 spiro atoms. The number of nitrogens with zero attached hydrogens (tertiary/aromatic N) is 2. The van der Waals surface area contributed by atoms with Gasteiger partial charge in [-0.2, -0.15) is 0 Å². The summed E-state index contributed by atoms with van der Waals surface area (Å²) in [6.07, 6.45) is 8.83. The fraction of sp³-hybridized carbons (Fsp3) is 1.00. The maximum Gasteiger partial charge on any atom is 0.0110 e. The van der Waals surface area contributed by atoms with Crippen LogP contribution in [0.2, 0.25) is 0 Å². The van der Waals surface area contributed by atoms with Gasteiger partial charge in [0.05, 0.1) is 0 Å². The van der Waals surface area contributed by atoms with Crippen LogP contribution in [0.3, 0.4) is 0 Å². The van der Waals surface area contributed by atoms with Crippen LogP contribution in [0.5, 0.6) is 0 Å². The Labute approximate surface area is 118 Å². The van der Waals surface area contributed by atoms with Gasteiger partial charge >= 0.3 is 0 Å². The van der Waals surface area contributed by atoms with Gasteiger partial charge in [-0.25, -0.2) is 0 Å². The van der Waals surface area contributed by atoms with Crippen LogP contribution < -0.4 is 5.32 Å². The van der Waals surface area contributed by atoms with Gasteiger partial charge in [-0.15, -0.1) is 0 Å². The van der Waals surface area contributed by atoms with Gasteiger partial charge in [0.15, 0.2) is 0 Å². The third-order valence-electron chi connectivity index (χ3n) is 5.54. The molecule has 2 saturated heterocycles. The van der Waals surface area contributed by atoms with E-state index in [1.807, 2.05) is 0 Å². The summed E-state index contributed by atoms with van der Waals surface area (Å²) in [5.74, 6) is 2.11. The number of piperidine rings is 1. The fourth-order valence-corrected chi connectivity index (χ4v) is 4.29. The highest BCUT2D eigenvalue weighted by atomic mass is 15.2. The van der Waals surface area contributed by atoms with Gasteiger partial charge in [0.2, 0.25) is 0 Å². The van der Waals surface area contributed by atoms with Crippen LogP contribution in [0.4, 0.5) is 0 Å². The molecule has 3 rings (SSSR count). The lowest BCUT2D eigenvalue weighted by atomic mass is 9.75. The maximum atomic E-state index is 3.50. The van der Waals surface area contributed by atoms with Gasteiger partial charge in [-0.3, -0.25) is 0 Å². The van der Waals surface area contributed by atoms with E-state index in [9.17, 15) is 0 Å². The van der Waals surface area contributed by atoms with Crippen molar-refractivity contribution in [3.05, 3.63) is 0 Å². The van der Waals surface area contributed by atoms with Crippen molar-refractivity contribution in [1.29, 1.82) is 0 Å². The molecule has 2 aliphatic heterocycles. The van der Waals surface area contributed by atoms with Crippen molar-refractivity contribution in [2.75, 3.05) is 52.4 Å². The molecule has 0 amide bonds. The minimum atomic E-state index is 1.04. The lowest BCUT2D eigenvalue weighted by Gasteiger charge is -2.41. The molecular formula is C16H31N3. The van der Waals surface area contributed by atoms with E-state index in [4.69, 9.17) is 0 Å². The van der Waals surface area contributed by atoms with Crippen LogP contribution in [0.1, 0.15) is 38.5 Å². The van der Waals surface area contributed by atoms with Crippen LogP contribution in [0.25, 0.3) is 0 Å².